The summed E-state index contributed by atoms with van der Waals surface area (Å²) in [5.41, 5.74) is -2.40. The number of thioether (sulfide) groups is 1. The third-order valence-corrected chi connectivity index (χ3v) is 3.74. The number of carbonyl (C=O) groups excluding carboxylic acids is 1. The van der Waals surface area contributed by atoms with E-state index >= 15 is 0 Å². The molecule has 1 aromatic rings. The standard InChI is InChI=1S/C10H9F3N2O2S/c1-15-8(17)4-3-5(16)14-7(10(11,12)13)6(4)9(15)18-2/h3,9H,1-2H3,(H,14,16)/t9-/m1/s1. The number of aromatic nitrogens is 1. The van der Waals surface area contributed by atoms with Crippen molar-refractivity contribution in [2.75, 3.05) is 13.3 Å². The van der Waals surface area contributed by atoms with E-state index in [1.165, 1.54) is 11.9 Å². The third-order valence-electron chi connectivity index (χ3n) is 2.74. The predicted molar refractivity (Wildman–Crippen MR) is 60.4 cm³/mol. The topological polar surface area (TPSA) is 53.2 Å². The highest BCUT2D eigenvalue weighted by Crippen LogP contribution is 2.44. The Labute approximate surface area is 104 Å². The van der Waals surface area contributed by atoms with Crippen molar-refractivity contribution < 1.29 is 18.0 Å². The molecule has 0 spiro atoms. The number of rotatable bonds is 1. The van der Waals surface area contributed by atoms with Gasteiger partial charge >= 0.3 is 6.18 Å². The number of nitrogens with zero attached hydrogens (tertiary/aromatic N) is 1. The largest absolute Gasteiger partial charge is 0.431 e. The molecule has 1 aromatic heterocycles. The molecule has 0 aromatic carbocycles. The van der Waals surface area contributed by atoms with E-state index in [4.69, 9.17) is 0 Å². The Morgan fingerprint density at radius 2 is 2.00 bits per heavy atom. The Bertz CT molecular complexity index is 567. The number of nitrogens with one attached hydrogen (secondary N) is 1. The highest BCUT2D eigenvalue weighted by Gasteiger charge is 2.44. The van der Waals surface area contributed by atoms with Crippen molar-refractivity contribution >= 4 is 17.7 Å². The van der Waals surface area contributed by atoms with Crippen LogP contribution in [0.5, 0.6) is 0 Å². The van der Waals surface area contributed by atoms with Crippen LogP contribution in [0.25, 0.3) is 0 Å². The minimum Gasteiger partial charge on any atom is -0.325 e. The quantitative estimate of drug-likeness (QED) is 0.852. The summed E-state index contributed by atoms with van der Waals surface area (Å²) >= 11 is 1.11. The Morgan fingerprint density at radius 1 is 1.39 bits per heavy atom. The second-order valence-corrected chi connectivity index (χ2v) is 4.76. The maximum atomic E-state index is 12.9. The summed E-state index contributed by atoms with van der Waals surface area (Å²) in [6.45, 7) is 0. The lowest BCUT2D eigenvalue weighted by molar-refractivity contribution is -0.142. The molecule has 98 valence electrons. The fourth-order valence-electron chi connectivity index (χ4n) is 1.99. The summed E-state index contributed by atoms with van der Waals surface area (Å²) in [5, 5.41) is -0.735. The van der Waals surface area contributed by atoms with Gasteiger partial charge in [-0.05, 0) is 6.26 Å². The van der Waals surface area contributed by atoms with Gasteiger partial charge in [0.1, 0.15) is 11.1 Å². The summed E-state index contributed by atoms with van der Waals surface area (Å²) in [6, 6.07) is 0.916. The maximum absolute atomic E-state index is 12.9. The molecule has 0 unspecified atom stereocenters. The van der Waals surface area contributed by atoms with Crippen LogP contribution in [0.1, 0.15) is 27.0 Å². The van der Waals surface area contributed by atoms with E-state index in [0.29, 0.717) is 0 Å². The van der Waals surface area contributed by atoms with Crippen molar-refractivity contribution in [1.29, 1.82) is 0 Å². The molecular weight excluding hydrogens is 269 g/mol. The number of amides is 1. The number of carbonyl (C=O) groups is 1. The second-order valence-electron chi connectivity index (χ2n) is 3.84. The average molecular weight is 278 g/mol. The van der Waals surface area contributed by atoms with Crippen LogP contribution < -0.4 is 5.56 Å². The van der Waals surface area contributed by atoms with Crippen molar-refractivity contribution in [1.82, 2.24) is 9.88 Å². The van der Waals surface area contributed by atoms with Crippen LogP contribution in [0.4, 0.5) is 13.2 Å². The molecule has 0 bridgehead atoms. The monoisotopic (exact) mass is 278 g/mol. The highest BCUT2D eigenvalue weighted by molar-refractivity contribution is 7.98. The lowest BCUT2D eigenvalue weighted by Crippen LogP contribution is -2.21. The van der Waals surface area contributed by atoms with E-state index in [0.717, 1.165) is 17.8 Å². The van der Waals surface area contributed by atoms with Gasteiger partial charge in [-0.25, -0.2) is 0 Å². The molecule has 0 aliphatic carbocycles. The molecule has 1 amide bonds. The third kappa shape index (κ3) is 1.80. The first-order chi connectivity index (χ1) is 8.27. The molecule has 8 heteroatoms. The fourth-order valence-corrected chi connectivity index (χ4v) is 2.89. The lowest BCUT2D eigenvalue weighted by atomic mass is 10.1. The van der Waals surface area contributed by atoms with E-state index in [-0.39, 0.29) is 11.1 Å². The zero-order chi connectivity index (χ0) is 13.7. The molecule has 1 aliphatic heterocycles. The Morgan fingerprint density at radius 3 is 2.50 bits per heavy atom. The van der Waals surface area contributed by atoms with Gasteiger partial charge < -0.3 is 9.88 Å². The maximum Gasteiger partial charge on any atom is 0.431 e. The first-order valence-corrected chi connectivity index (χ1v) is 6.20. The van der Waals surface area contributed by atoms with Gasteiger partial charge in [0, 0.05) is 18.7 Å². The van der Waals surface area contributed by atoms with Gasteiger partial charge in [-0.2, -0.15) is 13.2 Å². The smallest absolute Gasteiger partial charge is 0.325 e. The van der Waals surface area contributed by atoms with Gasteiger partial charge in [0.05, 0.1) is 5.56 Å². The molecule has 2 rings (SSSR count). The van der Waals surface area contributed by atoms with Gasteiger partial charge in [-0.15, -0.1) is 11.8 Å². The average Bonchev–Trinajstić information content (AvgIpc) is 2.50. The van der Waals surface area contributed by atoms with E-state index < -0.39 is 28.7 Å². The molecule has 0 radical (unpaired) electrons. The van der Waals surface area contributed by atoms with E-state index in [1.54, 1.807) is 11.2 Å². The first-order valence-electron chi connectivity index (χ1n) is 4.91. The van der Waals surface area contributed by atoms with Crippen molar-refractivity contribution in [2.45, 2.75) is 11.6 Å². The molecule has 0 fully saturated rings. The van der Waals surface area contributed by atoms with E-state index in [2.05, 4.69) is 0 Å². The molecule has 1 N–H and O–H groups in total. The van der Waals surface area contributed by atoms with Crippen LogP contribution in [-0.2, 0) is 6.18 Å². The SMILES string of the molecule is CS[C@@H]1c2c(cc(=O)[nH]c2C(F)(F)F)C(=O)N1C. The highest BCUT2D eigenvalue weighted by atomic mass is 32.2. The minimum absolute atomic E-state index is 0.165. The number of hydrogen-bond acceptors (Lipinski definition) is 3. The number of aromatic amines is 1. The van der Waals surface area contributed by atoms with Crippen molar-refractivity contribution in [3.8, 4) is 0 Å². The van der Waals surface area contributed by atoms with Crippen LogP contribution in [-0.4, -0.2) is 29.1 Å². The zero-order valence-corrected chi connectivity index (χ0v) is 10.3. The zero-order valence-electron chi connectivity index (χ0n) is 9.46. The minimum atomic E-state index is -4.69. The molecular formula is C10H9F3N2O2S. The predicted octanol–water partition coefficient (Wildman–Crippen LogP) is 1.84. The van der Waals surface area contributed by atoms with Gasteiger partial charge in [0.15, 0.2) is 0 Å². The number of fused-ring (bicyclic) bond motifs is 1. The summed E-state index contributed by atoms with van der Waals surface area (Å²) in [6.07, 6.45) is -3.08. The summed E-state index contributed by atoms with van der Waals surface area (Å²) in [7, 11) is 1.41. The van der Waals surface area contributed by atoms with Crippen LogP contribution >= 0.6 is 11.8 Å². The number of hydrogen-bond donors (Lipinski definition) is 1. The Kier molecular flexibility index (Phi) is 2.92. The summed E-state index contributed by atoms with van der Waals surface area (Å²) in [5.74, 6) is -0.569. The van der Waals surface area contributed by atoms with Crippen LogP contribution in [0.3, 0.4) is 0 Å². The molecule has 2 heterocycles. The molecule has 1 atom stereocenters. The second kappa shape index (κ2) is 4.04. The van der Waals surface area contributed by atoms with Crippen molar-refractivity contribution in [2.24, 2.45) is 0 Å². The number of alkyl halides is 3. The van der Waals surface area contributed by atoms with Gasteiger partial charge in [0.2, 0.25) is 5.56 Å². The summed E-state index contributed by atoms with van der Waals surface area (Å²) in [4.78, 5) is 26.0. The Balaban J connectivity index is 2.78. The van der Waals surface area contributed by atoms with E-state index in [1.807, 2.05) is 0 Å². The molecule has 1 aliphatic rings. The number of halogens is 3. The van der Waals surface area contributed by atoms with Crippen molar-refractivity contribution in [3.63, 3.8) is 0 Å². The van der Waals surface area contributed by atoms with Gasteiger partial charge in [0.25, 0.3) is 5.91 Å². The molecule has 0 saturated heterocycles. The first kappa shape index (κ1) is 13.0. The number of pyridine rings is 1. The molecule has 4 nitrogen and oxygen atoms in total. The summed E-state index contributed by atoms with van der Waals surface area (Å²) < 4.78 is 38.6. The fraction of sp³-hybridized carbons (Fsp3) is 0.400. The van der Waals surface area contributed by atoms with Gasteiger partial charge in [-0.1, -0.05) is 0 Å². The van der Waals surface area contributed by atoms with Crippen LogP contribution in [0.2, 0.25) is 0 Å². The van der Waals surface area contributed by atoms with Crippen LogP contribution in [0.15, 0.2) is 10.9 Å². The molecule has 18 heavy (non-hydrogen) atoms. The van der Waals surface area contributed by atoms with Crippen molar-refractivity contribution in [3.05, 3.63) is 33.2 Å². The van der Waals surface area contributed by atoms with Crippen LogP contribution in [0, 0.1) is 0 Å². The molecule has 0 saturated carbocycles. The number of H-pyrrole nitrogens is 1. The normalized spacial score (nSPS) is 19.3. The Hall–Kier alpha value is -1.44. The van der Waals surface area contributed by atoms with E-state index in [9.17, 15) is 22.8 Å². The van der Waals surface area contributed by atoms with Gasteiger partial charge in [-0.3, -0.25) is 9.59 Å². The lowest BCUT2D eigenvalue weighted by Gasteiger charge is -2.20.